The third-order valence-corrected chi connectivity index (χ3v) is 2.54. The number of primary amides is 1. The number of hydrogen-bond acceptors (Lipinski definition) is 2. The molecule has 1 aromatic heterocycles. The third-order valence-electron chi connectivity index (χ3n) is 2.54. The van der Waals surface area contributed by atoms with Crippen LogP contribution in [0.3, 0.4) is 0 Å². The van der Waals surface area contributed by atoms with Gasteiger partial charge in [-0.05, 0) is 18.1 Å². The van der Waals surface area contributed by atoms with E-state index in [9.17, 15) is 4.79 Å². The minimum Gasteiger partial charge on any atom is -0.363 e. The predicted octanol–water partition coefficient (Wildman–Crippen LogP) is 1.34. The topological polar surface area (TPSA) is 60.9 Å². The van der Waals surface area contributed by atoms with E-state index in [1.54, 1.807) is 17.0 Å². The summed E-state index contributed by atoms with van der Waals surface area (Å²) in [5.74, 6) is -0.207. The molecule has 2 aromatic rings. The Balaban J connectivity index is 2.31. The van der Waals surface area contributed by atoms with Crippen molar-refractivity contribution in [2.75, 3.05) is 0 Å². The number of amides is 1. The van der Waals surface area contributed by atoms with E-state index in [1.807, 2.05) is 31.2 Å². The molecule has 0 unspecified atom stereocenters. The van der Waals surface area contributed by atoms with E-state index in [2.05, 4.69) is 4.98 Å². The zero-order valence-electron chi connectivity index (χ0n) is 9.05. The average Bonchev–Trinajstić information content (AvgIpc) is 2.69. The minimum atomic E-state index is -0.501. The van der Waals surface area contributed by atoms with E-state index >= 15 is 0 Å². The third kappa shape index (κ3) is 1.95. The SMILES string of the molecule is Cc1ccccc1Cn1ccnc1C(N)=O. The number of imidazole rings is 1. The van der Waals surface area contributed by atoms with E-state index in [1.165, 1.54) is 5.56 Å². The highest BCUT2D eigenvalue weighted by atomic mass is 16.1. The molecular formula is C12H13N3O. The zero-order chi connectivity index (χ0) is 11.5. The summed E-state index contributed by atoms with van der Waals surface area (Å²) in [5, 5.41) is 0. The van der Waals surface area contributed by atoms with Gasteiger partial charge in [0.2, 0.25) is 0 Å². The van der Waals surface area contributed by atoms with E-state index in [0.717, 1.165) is 5.56 Å². The number of nitrogens with two attached hydrogens (primary N) is 1. The molecule has 2 N–H and O–H groups in total. The standard InChI is InChI=1S/C12H13N3O/c1-9-4-2-3-5-10(9)8-15-7-6-14-12(15)11(13)16/h2-7H,8H2,1H3,(H2,13,16). The molecule has 1 amide bonds. The molecule has 0 saturated heterocycles. The summed E-state index contributed by atoms with van der Waals surface area (Å²) in [6.07, 6.45) is 3.34. The van der Waals surface area contributed by atoms with Crippen LogP contribution in [0.15, 0.2) is 36.7 Å². The maximum absolute atomic E-state index is 11.1. The predicted molar refractivity (Wildman–Crippen MR) is 61.0 cm³/mol. The van der Waals surface area contributed by atoms with Gasteiger partial charge >= 0.3 is 0 Å². The summed E-state index contributed by atoms with van der Waals surface area (Å²) in [7, 11) is 0. The molecule has 0 radical (unpaired) electrons. The summed E-state index contributed by atoms with van der Waals surface area (Å²) >= 11 is 0. The maximum Gasteiger partial charge on any atom is 0.284 e. The van der Waals surface area contributed by atoms with Gasteiger partial charge in [0, 0.05) is 18.9 Å². The molecule has 0 spiro atoms. The number of aryl methyl sites for hydroxylation is 1. The van der Waals surface area contributed by atoms with E-state index in [0.29, 0.717) is 12.4 Å². The van der Waals surface area contributed by atoms with Crippen molar-refractivity contribution in [2.24, 2.45) is 5.73 Å². The number of carbonyl (C=O) groups excluding carboxylic acids is 1. The van der Waals surface area contributed by atoms with Crippen LogP contribution in [0.25, 0.3) is 0 Å². The fourth-order valence-corrected chi connectivity index (χ4v) is 1.63. The van der Waals surface area contributed by atoms with Crippen molar-refractivity contribution >= 4 is 5.91 Å². The van der Waals surface area contributed by atoms with E-state index in [-0.39, 0.29) is 0 Å². The molecule has 1 heterocycles. The first-order chi connectivity index (χ1) is 7.68. The number of benzene rings is 1. The Bertz CT molecular complexity index is 516. The number of rotatable bonds is 3. The number of nitrogens with zero attached hydrogens (tertiary/aromatic N) is 2. The molecule has 16 heavy (non-hydrogen) atoms. The van der Waals surface area contributed by atoms with Crippen molar-refractivity contribution < 1.29 is 4.79 Å². The van der Waals surface area contributed by atoms with Gasteiger partial charge in [0.15, 0.2) is 5.82 Å². The fraction of sp³-hybridized carbons (Fsp3) is 0.167. The molecule has 0 saturated carbocycles. The molecule has 82 valence electrons. The van der Waals surface area contributed by atoms with Crippen molar-refractivity contribution in [3.05, 3.63) is 53.6 Å². The van der Waals surface area contributed by atoms with Gasteiger partial charge in [0.25, 0.3) is 5.91 Å². The van der Waals surface area contributed by atoms with Crippen LogP contribution in [-0.4, -0.2) is 15.5 Å². The smallest absolute Gasteiger partial charge is 0.284 e. The van der Waals surface area contributed by atoms with Crippen LogP contribution in [0.4, 0.5) is 0 Å². The molecule has 4 nitrogen and oxygen atoms in total. The highest BCUT2D eigenvalue weighted by Crippen LogP contribution is 2.10. The Kier molecular flexibility index (Phi) is 2.72. The van der Waals surface area contributed by atoms with Crippen LogP contribution in [0.5, 0.6) is 0 Å². The molecule has 0 bridgehead atoms. The highest BCUT2D eigenvalue weighted by molar-refractivity contribution is 5.89. The van der Waals surface area contributed by atoms with Crippen LogP contribution < -0.4 is 5.73 Å². The van der Waals surface area contributed by atoms with Gasteiger partial charge in [-0.2, -0.15) is 0 Å². The first-order valence-electron chi connectivity index (χ1n) is 5.04. The Labute approximate surface area is 93.7 Å². The minimum absolute atomic E-state index is 0.295. The second-order valence-electron chi connectivity index (χ2n) is 3.67. The van der Waals surface area contributed by atoms with Gasteiger partial charge < -0.3 is 10.3 Å². The van der Waals surface area contributed by atoms with Crippen LogP contribution in [0.1, 0.15) is 21.7 Å². The highest BCUT2D eigenvalue weighted by Gasteiger charge is 2.09. The van der Waals surface area contributed by atoms with Gasteiger partial charge in [0.05, 0.1) is 0 Å². The normalized spacial score (nSPS) is 10.3. The molecule has 2 rings (SSSR count). The Hall–Kier alpha value is -2.10. The lowest BCUT2D eigenvalue weighted by Gasteiger charge is -2.08. The van der Waals surface area contributed by atoms with Crippen LogP contribution in [-0.2, 0) is 6.54 Å². The molecular weight excluding hydrogens is 202 g/mol. The van der Waals surface area contributed by atoms with Gasteiger partial charge in [-0.15, -0.1) is 0 Å². The molecule has 0 aliphatic carbocycles. The lowest BCUT2D eigenvalue weighted by molar-refractivity contribution is 0.0987. The number of carbonyl (C=O) groups is 1. The lowest BCUT2D eigenvalue weighted by atomic mass is 10.1. The van der Waals surface area contributed by atoms with Crippen LogP contribution >= 0.6 is 0 Å². The molecule has 0 aliphatic rings. The molecule has 0 fully saturated rings. The number of hydrogen-bond donors (Lipinski definition) is 1. The molecule has 4 heteroatoms. The first kappa shape index (κ1) is 10.4. The molecule has 1 aromatic carbocycles. The van der Waals surface area contributed by atoms with Crippen molar-refractivity contribution in [2.45, 2.75) is 13.5 Å². The summed E-state index contributed by atoms with van der Waals surface area (Å²) in [6.45, 7) is 2.65. The summed E-state index contributed by atoms with van der Waals surface area (Å²) in [6, 6.07) is 8.03. The molecule has 0 aliphatic heterocycles. The summed E-state index contributed by atoms with van der Waals surface area (Å²) < 4.78 is 1.75. The summed E-state index contributed by atoms with van der Waals surface area (Å²) in [5.41, 5.74) is 7.57. The van der Waals surface area contributed by atoms with E-state index in [4.69, 9.17) is 5.73 Å². The van der Waals surface area contributed by atoms with Crippen molar-refractivity contribution in [3.63, 3.8) is 0 Å². The Morgan fingerprint density at radius 1 is 1.44 bits per heavy atom. The lowest BCUT2D eigenvalue weighted by Crippen LogP contribution is -2.18. The van der Waals surface area contributed by atoms with Gasteiger partial charge in [0.1, 0.15) is 0 Å². The summed E-state index contributed by atoms with van der Waals surface area (Å²) in [4.78, 5) is 15.0. The van der Waals surface area contributed by atoms with Crippen molar-refractivity contribution in [1.29, 1.82) is 0 Å². The van der Waals surface area contributed by atoms with Gasteiger partial charge in [-0.25, -0.2) is 4.98 Å². The maximum atomic E-state index is 11.1. The average molecular weight is 215 g/mol. The Morgan fingerprint density at radius 3 is 2.88 bits per heavy atom. The largest absolute Gasteiger partial charge is 0.363 e. The zero-order valence-corrected chi connectivity index (χ0v) is 9.05. The van der Waals surface area contributed by atoms with Crippen LogP contribution in [0.2, 0.25) is 0 Å². The van der Waals surface area contributed by atoms with Gasteiger partial charge in [-0.3, -0.25) is 4.79 Å². The van der Waals surface area contributed by atoms with Crippen LogP contribution in [0, 0.1) is 6.92 Å². The van der Waals surface area contributed by atoms with E-state index < -0.39 is 5.91 Å². The second-order valence-corrected chi connectivity index (χ2v) is 3.67. The van der Waals surface area contributed by atoms with Crippen molar-refractivity contribution in [1.82, 2.24) is 9.55 Å². The fourth-order valence-electron chi connectivity index (χ4n) is 1.63. The van der Waals surface area contributed by atoms with Crippen molar-refractivity contribution in [3.8, 4) is 0 Å². The second kappa shape index (κ2) is 4.18. The monoisotopic (exact) mass is 215 g/mol. The first-order valence-corrected chi connectivity index (χ1v) is 5.04. The molecule has 0 atom stereocenters. The Morgan fingerprint density at radius 2 is 2.19 bits per heavy atom. The van der Waals surface area contributed by atoms with Gasteiger partial charge in [-0.1, -0.05) is 24.3 Å². The quantitative estimate of drug-likeness (QED) is 0.839. The number of aromatic nitrogens is 2.